The third-order valence-corrected chi connectivity index (χ3v) is 5.38. The van der Waals surface area contributed by atoms with Crippen LogP contribution in [-0.2, 0) is 17.1 Å². The quantitative estimate of drug-likeness (QED) is 0.493. The van der Waals surface area contributed by atoms with Gasteiger partial charge in [-0.05, 0) is 60.0 Å². The fourth-order valence-electron chi connectivity index (χ4n) is 3.83. The fourth-order valence-corrected chi connectivity index (χ4v) is 3.83. The van der Waals surface area contributed by atoms with Crippen LogP contribution in [0.15, 0.2) is 128 Å². The summed E-state index contributed by atoms with van der Waals surface area (Å²) in [4.78, 5) is 29.9. The van der Waals surface area contributed by atoms with Crippen molar-refractivity contribution in [2.24, 2.45) is 20.0 Å². The summed E-state index contributed by atoms with van der Waals surface area (Å²) in [6, 6.07) is 6.70. The van der Waals surface area contributed by atoms with Gasteiger partial charge in [-0.2, -0.15) is 0 Å². The smallest absolute Gasteiger partial charge is 0.335 e. The van der Waals surface area contributed by atoms with Gasteiger partial charge in [0.2, 0.25) is 0 Å². The van der Waals surface area contributed by atoms with Crippen LogP contribution in [0.3, 0.4) is 0 Å². The molecule has 6 rings (SSSR count). The van der Waals surface area contributed by atoms with Crippen molar-refractivity contribution in [3.8, 4) is 0 Å². The molecule has 0 spiro atoms. The monoisotopic (exact) mass is 482 g/mol. The molecule has 0 aliphatic carbocycles. The van der Waals surface area contributed by atoms with E-state index in [9.17, 15) is 9.90 Å². The summed E-state index contributed by atoms with van der Waals surface area (Å²) in [6.07, 6.45) is 22.6. The Balaban J connectivity index is 0.00000241. The van der Waals surface area contributed by atoms with Crippen molar-refractivity contribution in [2.75, 3.05) is 0 Å². The summed E-state index contributed by atoms with van der Waals surface area (Å²) in [5, 5.41) is 9.21. The second kappa shape index (κ2) is 8.63. The minimum absolute atomic E-state index is 0. The SMILES string of the molecule is O=C(O)c1ccc(C2=[C-]C3=NC2=CC2=NC(=CC4=NC(=CC5=NC(=C3)C=C5)C=C4)C=C2)cc1.[Mn]. The summed E-state index contributed by atoms with van der Waals surface area (Å²) in [6.45, 7) is 0. The van der Waals surface area contributed by atoms with Crippen molar-refractivity contribution < 1.29 is 27.0 Å². The molecule has 1 aromatic carbocycles. The Morgan fingerprint density at radius 3 is 1.76 bits per heavy atom. The van der Waals surface area contributed by atoms with E-state index >= 15 is 0 Å². The fraction of sp³-hybridized carbons (Fsp3) is 0. The standard InChI is InChI=1S/C27H15N4O2.Mn/c32-27(33)17-3-1-16(2-4-17)25-14-24-13-22-8-7-20(29-22)11-18-5-6-19(28-18)12-21-9-10-23(30-21)15-26(25)31-24;/h1-13,15H,(H,32,33);/q-1;. The molecule has 0 atom stereocenters. The Labute approximate surface area is 206 Å². The van der Waals surface area contributed by atoms with Gasteiger partial charge in [-0.15, -0.1) is 11.6 Å². The maximum atomic E-state index is 11.2. The number of carboxylic acid groups (broad SMARTS) is 1. The number of allylic oxidation sites excluding steroid dienone is 12. The van der Waals surface area contributed by atoms with E-state index in [0.29, 0.717) is 11.4 Å². The van der Waals surface area contributed by atoms with E-state index in [1.54, 1.807) is 24.3 Å². The molecule has 1 N–H and O–H groups in total. The zero-order chi connectivity index (χ0) is 22.4. The summed E-state index contributed by atoms with van der Waals surface area (Å²) in [5.74, 6) is -0.963. The number of fused-ring (bicyclic) bond motifs is 4. The summed E-state index contributed by atoms with van der Waals surface area (Å²) in [5.41, 5.74) is 8.00. The number of carbonyl (C=O) groups is 1. The summed E-state index contributed by atoms with van der Waals surface area (Å²) < 4.78 is 0. The van der Waals surface area contributed by atoms with Gasteiger partial charge in [-0.1, -0.05) is 42.0 Å². The van der Waals surface area contributed by atoms with Crippen LogP contribution < -0.4 is 0 Å². The van der Waals surface area contributed by atoms with Gasteiger partial charge in [0.1, 0.15) is 0 Å². The second-order valence-electron chi connectivity index (χ2n) is 7.73. The third kappa shape index (κ3) is 4.22. The molecule has 0 saturated heterocycles. The molecule has 0 aromatic heterocycles. The number of hydrogen-bond acceptors (Lipinski definition) is 5. The molecule has 5 aliphatic rings. The zero-order valence-electron chi connectivity index (χ0n) is 17.6. The van der Waals surface area contributed by atoms with Crippen LogP contribution in [0.2, 0.25) is 0 Å². The first kappa shape index (κ1) is 21.6. The number of benzene rings is 1. The van der Waals surface area contributed by atoms with Gasteiger partial charge in [0.25, 0.3) is 0 Å². The van der Waals surface area contributed by atoms with E-state index in [1.165, 1.54) is 0 Å². The van der Waals surface area contributed by atoms with Gasteiger partial charge < -0.3 is 10.1 Å². The van der Waals surface area contributed by atoms with Crippen LogP contribution in [0, 0.1) is 6.08 Å². The maximum absolute atomic E-state index is 11.2. The van der Waals surface area contributed by atoms with E-state index in [4.69, 9.17) is 4.99 Å². The van der Waals surface area contributed by atoms with E-state index in [1.807, 2.05) is 60.8 Å². The van der Waals surface area contributed by atoms with Gasteiger partial charge in [0.05, 0.1) is 34.1 Å². The Morgan fingerprint density at radius 1 is 0.676 bits per heavy atom. The van der Waals surface area contributed by atoms with Gasteiger partial charge in [-0.25, -0.2) is 14.8 Å². The summed E-state index contributed by atoms with van der Waals surface area (Å²) in [7, 11) is 0. The van der Waals surface area contributed by atoms with Gasteiger partial charge >= 0.3 is 5.97 Å². The molecule has 0 amide bonds. The van der Waals surface area contributed by atoms with Crippen molar-refractivity contribution in [1.29, 1.82) is 0 Å². The van der Waals surface area contributed by atoms with Crippen LogP contribution in [0.4, 0.5) is 0 Å². The molecule has 5 heterocycles. The van der Waals surface area contributed by atoms with Gasteiger partial charge in [0.15, 0.2) is 0 Å². The average Bonchev–Trinajstić information content (AvgIpc) is 3.59. The first-order chi connectivity index (χ1) is 16.1. The van der Waals surface area contributed by atoms with Crippen molar-refractivity contribution in [3.05, 3.63) is 125 Å². The third-order valence-electron chi connectivity index (χ3n) is 5.38. The largest absolute Gasteiger partial charge is 0.478 e. The maximum Gasteiger partial charge on any atom is 0.335 e. The molecule has 7 heteroatoms. The molecule has 0 unspecified atom stereocenters. The van der Waals surface area contributed by atoms with Crippen LogP contribution in [0.25, 0.3) is 5.57 Å². The van der Waals surface area contributed by atoms with Crippen LogP contribution in [0.5, 0.6) is 0 Å². The van der Waals surface area contributed by atoms with Crippen molar-refractivity contribution in [2.45, 2.75) is 0 Å². The van der Waals surface area contributed by atoms with Gasteiger partial charge in [-0.3, -0.25) is 4.99 Å². The Morgan fingerprint density at radius 2 is 1.21 bits per heavy atom. The average molecular weight is 482 g/mol. The van der Waals surface area contributed by atoms with Crippen LogP contribution in [-0.4, -0.2) is 33.9 Å². The van der Waals surface area contributed by atoms with E-state index < -0.39 is 5.97 Å². The Kier molecular flexibility index (Phi) is 5.49. The predicted octanol–water partition coefficient (Wildman–Crippen LogP) is 4.61. The molecule has 0 saturated carbocycles. The second-order valence-corrected chi connectivity index (χ2v) is 7.73. The number of rotatable bonds is 2. The van der Waals surface area contributed by atoms with Crippen molar-refractivity contribution in [1.82, 2.24) is 0 Å². The number of nitrogens with zero attached hydrogens (tertiary/aromatic N) is 4. The van der Waals surface area contributed by atoms with Crippen molar-refractivity contribution >= 4 is 34.4 Å². The molecule has 6 nitrogen and oxygen atoms in total. The molecule has 34 heavy (non-hydrogen) atoms. The molecule has 5 aliphatic heterocycles. The molecule has 8 bridgehead atoms. The first-order valence-corrected chi connectivity index (χ1v) is 10.3. The molecular weight excluding hydrogens is 467 g/mol. The minimum Gasteiger partial charge on any atom is -0.478 e. The van der Waals surface area contributed by atoms with E-state index in [-0.39, 0.29) is 22.6 Å². The first-order valence-electron chi connectivity index (χ1n) is 10.3. The predicted molar refractivity (Wildman–Crippen MR) is 130 cm³/mol. The minimum atomic E-state index is -0.963. The Hall–Kier alpha value is -4.19. The Bertz CT molecular complexity index is 1500. The normalized spacial score (nSPS) is 19.2. The van der Waals surface area contributed by atoms with Crippen LogP contribution in [0.1, 0.15) is 15.9 Å². The molecule has 1 aromatic rings. The topological polar surface area (TPSA) is 86.7 Å². The van der Waals surface area contributed by atoms with Crippen LogP contribution >= 0.6 is 0 Å². The number of carboxylic acids is 1. The molecular formula is C27H15MnN4O2-. The zero-order valence-corrected chi connectivity index (χ0v) is 18.8. The number of aliphatic imine (C=N–C) groups is 4. The molecule has 0 fully saturated rings. The summed E-state index contributed by atoms with van der Waals surface area (Å²) >= 11 is 0. The van der Waals surface area contributed by atoms with E-state index in [2.05, 4.69) is 21.1 Å². The van der Waals surface area contributed by atoms with Gasteiger partial charge in [0, 0.05) is 22.8 Å². The van der Waals surface area contributed by atoms with Crippen molar-refractivity contribution in [3.63, 3.8) is 0 Å². The molecule has 163 valence electrons. The number of aromatic carboxylic acids is 1. The number of hydrogen-bond donors (Lipinski definition) is 1. The molecule has 1 radical (unpaired) electrons. The van der Waals surface area contributed by atoms with E-state index in [0.717, 1.165) is 45.4 Å².